The molecule has 0 aliphatic rings. The highest BCUT2D eigenvalue weighted by molar-refractivity contribution is 5.87. The Bertz CT molecular complexity index is 611. The number of hydrogen-bond donors (Lipinski definition) is 0. The van der Waals surface area contributed by atoms with Gasteiger partial charge in [0.05, 0.1) is 13.2 Å². The molecular formula is C24H36O6. The first kappa shape index (κ1) is 29.2. The summed E-state index contributed by atoms with van der Waals surface area (Å²) in [6.07, 6.45) is 1.58. The van der Waals surface area contributed by atoms with Gasteiger partial charge in [-0.15, -0.1) is 0 Å². The Morgan fingerprint density at radius 3 is 1.17 bits per heavy atom. The SMILES string of the molecule is C=C(C)C(=C)OCCCCOC(=O)C(=C)C.C=C(C)C(=C)OCCOC(=O)C(=C)C. The molecule has 0 bridgehead atoms. The lowest BCUT2D eigenvalue weighted by atomic mass is 10.3. The first-order chi connectivity index (χ1) is 13.9. The van der Waals surface area contributed by atoms with Crippen molar-refractivity contribution >= 4 is 11.9 Å². The van der Waals surface area contributed by atoms with Crippen LogP contribution in [-0.4, -0.2) is 38.4 Å². The lowest BCUT2D eigenvalue weighted by Crippen LogP contribution is -2.10. The first-order valence-corrected chi connectivity index (χ1v) is 9.50. The van der Waals surface area contributed by atoms with Crippen LogP contribution < -0.4 is 0 Å². The van der Waals surface area contributed by atoms with Crippen LogP contribution in [0.4, 0.5) is 0 Å². The number of rotatable bonds is 14. The number of carbonyl (C=O) groups excluding carboxylic acids is 2. The van der Waals surface area contributed by atoms with Crippen molar-refractivity contribution in [1.82, 2.24) is 0 Å². The molecule has 0 aliphatic heterocycles. The van der Waals surface area contributed by atoms with Crippen molar-refractivity contribution in [3.63, 3.8) is 0 Å². The molecule has 6 heteroatoms. The molecule has 30 heavy (non-hydrogen) atoms. The Kier molecular flexibility index (Phi) is 16.4. The predicted molar refractivity (Wildman–Crippen MR) is 121 cm³/mol. The minimum atomic E-state index is -0.408. The smallest absolute Gasteiger partial charge is 0.333 e. The van der Waals surface area contributed by atoms with Gasteiger partial charge in [-0.25, -0.2) is 9.59 Å². The van der Waals surface area contributed by atoms with Crippen molar-refractivity contribution < 1.29 is 28.5 Å². The molecule has 0 radical (unpaired) electrons. The minimum Gasteiger partial charge on any atom is -0.494 e. The van der Waals surface area contributed by atoms with Crippen LogP contribution >= 0.6 is 0 Å². The highest BCUT2D eigenvalue weighted by Crippen LogP contribution is 2.06. The zero-order valence-corrected chi connectivity index (χ0v) is 18.9. The standard InChI is InChI=1S/C13H20O3.C11H16O3/c1-10(2)12(5)15-8-6-7-9-16-13(14)11(3)4;1-8(2)10(5)13-6-7-14-11(12)9(3)4/h1,3,5-9H2,2,4H3;1,3,5-7H2,2,4H3. The Hall–Kier alpha value is -3.02. The van der Waals surface area contributed by atoms with Crippen molar-refractivity contribution in [2.24, 2.45) is 0 Å². The van der Waals surface area contributed by atoms with Crippen molar-refractivity contribution in [3.8, 4) is 0 Å². The zero-order chi connectivity index (χ0) is 23.7. The fraction of sp³-hybridized carbons (Fsp3) is 0.417. The summed E-state index contributed by atoms with van der Waals surface area (Å²) < 4.78 is 20.2. The summed E-state index contributed by atoms with van der Waals surface area (Å²) in [5.74, 6) is 0.372. The van der Waals surface area contributed by atoms with Crippen LogP contribution in [0.3, 0.4) is 0 Å². The minimum absolute atomic E-state index is 0.192. The Labute approximate surface area is 181 Å². The number of ether oxygens (including phenoxy) is 4. The van der Waals surface area contributed by atoms with Crippen LogP contribution in [0, 0.1) is 0 Å². The second kappa shape index (κ2) is 16.9. The van der Waals surface area contributed by atoms with Gasteiger partial charge in [0, 0.05) is 11.1 Å². The van der Waals surface area contributed by atoms with E-state index in [9.17, 15) is 9.59 Å². The number of hydrogen-bond acceptors (Lipinski definition) is 6. The number of allylic oxidation sites excluding steroid dienone is 2. The third-order valence-corrected chi connectivity index (χ3v) is 3.29. The molecule has 168 valence electrons. The molecule has 6 nitrogen and oxygen atoms in total. The maximum atomic E-state index is 11.0. The van der Waals surface area contributed by atoms with Gasteiger partial charge in [0.15, 0.2) is 0 Å². The molecular weight excluding hydrogens is 384 g/mol. The van der Waals surface area contributed by atoms with E-state index in [1.54, 1.807) is 20.8 Å². The van der Waals surface area contributed by atoms with Gasteiger partial charge in [0.1, 0.15) is 24.7 Å². The van der Waals surface area contributed by atoms with Gasteiger partial charge in [0.2, 0.25) is 0 Å². The van der Waals surface area contributed by atoms with E-state index in [0.29, 0.717) is 35.9 Å². The fourth-order valence-electron chi connectivity index (χ4n) is 1.36. The van der Waals surface area contributed by atoms with Crippen LogP contribution in [-0.2, 0) is 28.5 Å². The Morgan fingerprint density at radius 2 is 0.800 bits per heavy atom. The van der Waals surface area contributed by atoms with Crippen LogP contribution in [0.1, 0.15) is 40.5 Å². The summed E-state index contributed by atoms with van der Waals surface area (Å²) in [6, 6.07) is 0. The van der Waals surface area contributed by atoms with Gasteiger partial charge in [-0.3, -0.25) is 0 Å². The largest absolute Gasteiger partial charge is 0.494 e. The molecule has 0 aliphatic carbocycles. The van der Waals surface area contributed by atoms with Gasteiger partial charge in [-0.1, -0.05) is 39.5 Å². The topological polar surface area (TPSA) is 71.1 Å². The van der Waals surface area contributed by atoms with Crippen LogP contribution in [0.2, 0.25) is 0 Å². The van der Waals surface area contributed by atoms with E-state index in [-0.39, 0.29) is 19.2 Å². The van der Waals surface area contributed by atoms with Crippen molar-refractivity contribution in [1.29, 1.82) is 0 Å². The molecule has 0 spiro atoms. The lowest BCUT2D eigenvalue weighted by molar-refractivity contribution is -0.140. The summed E-state index contributed by atoms with van der Waals surface area (Å²) in [5, 5.41) is 0. The molecule has 0 aromatic rings. The van der Waals surface area contributed by atoms with E-state index in [1.807, 2.05) is 6.92 Å². The van der Waals surface area contributed by atoms with Crippen molar-refractivity contribution in [3.05, 3.63) is 73.3 Å². The monoisotopic (exact) mass is 420 g/mol. The molecule has 0 amide bonds. The zero-order valence-electron chi connectivity index (χ0n) is 18.9. The molecule has 0 N–H and O–H groups in total. The van der Waals surface area contributed by atoms with E-state index in [1.165, 1.54) is 0 Å². The van der Waals surface area contributed by atoms with Gasteiger partial charge in [-0.2, -0.15) is 0 Å². The normalized spacial score (nSPS) is 9.20. The van der Waals surface area contributed by atoms with E-state index in [0.717, 1.165) is 24.0 Å². The second-order valence-electron chi connectivity index (χ2n) is 6.64. The van der Waals surface area contributed by atoms with Crippen LogP contribution in [0.25, 0.3) is 0 Å². The Morgan fingerprint density at radius 1 is 0.500 bits per heavy atom. The van der Waals surface area contributed by atoms with Gasteiger partial charge in [-0.05, 0) is 51.7 Å². The molecule has 0 atom stereocenters. The van der Waals surface area contributed by atoms with E-state index in [2.05, 4.69) is 39.5 Å². The highest BCUT2D eigenvalue weighted by atomic mass is 16.6. The first-order valence-electron chi connectivity index (χ1n) is 9.50. The molecule has 0 saturated carbocycles. The molecule has 0 aromatic carbocycles. The third kappa shape index (κ3) is 17.1. The molecule has 0 saturated heterocycles. The molecule has 0 fully saturated rings. The van der Waals surface area contributed by atoms with Crippen molar-refractivity contribution in [2.45, 2.75) is 40.5 Å². The van der Waals surface area contributed by atoms with E-state index < -0.39 is 5.97 Å². The number of esters is 2. The molecule has 0 aromatic heterocycles. The van der Waals surface area contributed by atoms with E-state index >= 15 is 0 Å². The average molecular weight is 421 g/mol. The molecule has 0 unspecified atom stereocenters. The highest BCUT2D eigenvalue weighted by Gasteiger charge is 2.03. The Balaban J connectivity index is 0. The second-order valence-corrected chi connectivity index (χ2v) is 6.64. The maximum absolute atomic E-state index is 11.0. The summed E-state index contributed by atoms with van der Waals surface area (Å²) in [5.41, 5.74) is 2.39. The van der Waals surface area contributed by atoms with Crippen LogP contribution in [0.15, 0.2) is 73.3 Å². The summed E-state index contributed by atoms with van der Waals surface area (Å²) in [4.78, 5) is 21.9. The van der Waals surface area contributed by atoms with Crippen LogP contribution in [0.5, 0.6) is 0 Å². The molecule has 0 rings (SSSR count). The predicted octanol–water partition coefficient (Wildman–Crippen LogP) is 5.20. The fourth-order valence-corrected chi connectivity index (χ4v) is 1.36. The summed E-state index contributed by atoms with van der Waals surface area (Å²) in [6.45, 7) is 29.9. The van der Waals surface area contributed by atoms with Crippen molar-refractivity contribution in [2.75, 3.05) is 26.4 Å². The van der Waals surface area contributed by atoms with Gasteiger partial charge >= 0.3 is 11.9 Å². The van der Waals surface area contributed by atoms with E-state index in [4.69, 9.17) is 18.9 Å². The third-order valence-electron chi connectivity index (χ3n) is 3.29. The quantitative estimate of drug-likeness (QED) is 0.126. The summed E-state index contributed by atoms with van der Waals surface area (Å²) >= 11 is 0. The lowest BCUT2D eigenvalue weighted by Gasteiger charge is -2.08. The maximum Gasteiger partial charge on any atom is 0.333 e. The average Bonchev–Trinajstić information content (AvgIpc) is 2.66. The summed E-state index contributed by atoms with van der Waals surface area (Å²) in [7, 11) is 0. The number of carbonyl (C=O) groups is 2. The van der Waals surface area contributed by atoms with Gasteiger partial charge < -0.3 is 18.9 Å². The number of unbranched alkanes of at least 4 members (excludes halogenated alkanes) is 1. The van der Waals surface area contributed by atoms with Gasteiger partial charge in [0.25, 0.3) is 0 Å². The molecule has 0 heterocycles.